The van der Waals surface area contributed by atoms with Crippen molar-refractivity contribution < 1.29 is 4.79 Å². The molecule has 0 aromatic carbocycles. The molecular formula is C12H12ClN3O. The number of amides is 1. The Morgan fingerprint density at radius 1 is 1.53 bits per heavy atom. The molecule has 1 fully saturated rings. The number of nitriles is 1. The van der Waals surface area contributed by atoms with Crippen molar-refractivity contribution in [1.29, 1.82) is 5.26 Å². The fourth-order valence-electron chi connectivity index (χ4n) is 1.98. The van der Waals surface area contributed by atoms with E-state index >= 15 is 0 Å². The van der Waals surface area contributed by atoms with Gasteiger partial charge in [-0.1, -0.05) is 17.7 Å². The Balaban J connectivity index is 2.22. The number of piperidine rings is 1. The number of aromatic nitrogens is 1. The number of hydrogen-bond donors (Lipinski definition) is 0. The molecular weight excluding hydrogens is 238 g/mol. The van der Waals surface area contributed by atoms with Crippen molar-refractivity contribution in [2.75, 3.05) is 6.54 Å². The van der Waals surface area contributed by atoms with Gasteiger partial charge < -0.3 is 4.90 Å². The summed E-state index contributed by atoms with van der Waals surface area (Å²) in [7, 11) is 0. The molecule has 0 saturated carbocycles. The van der Waals surface area contributed by atoms with Gasteiger partial charge in [0, 0.05) is 6.54 Å². The molecule has 4 nitrogen and oxygen atoms in total. The Kier molecular flexibility index (Phi) is 3.60. The zero-order valence-electron chi connectivity index (χ0n) is 9.27. The molecule has 88 valence electrons. The maximum atomic E-state index is 12.2. The fourth-order valence-corrected chi connectivity index (χ4v) is 2.15. The van der Waals surface area contributed by atoms with Gasteiger partial charge in [-0.25, -0.2) is 4.98 Å². The molecule has 1 aromatic rings. The molecule has 1 aliphatic heterocycles. The second-order valence-electron chi connectivity index (χ2n) is 3.98. The number of carbonyl (C=O) groups is 1. The summed E-state index contributed by atoms with van der Waals surface area (Å²) < 4.78 is 0. The average Bonchev–Trinajstić information content (AvgIpc) is 2.38. The molecule has 0 N–H and O–H groups in total. The Bertz CT molecular complexity index is 469. The highest BCUT2D eigenvalue weighted by Gasteiger charge is 2.27. The highest BCUT2D eigenvalue weighted by Crippen LogP contribution is 2.19. The van der Waals surface area contributed by atoms with Crippen molar-refractivity contribution in [2.45, 2.75) is 25.3 Å². The van der Waals surface area contributed by atoms with Gasteiger partial charge in [-0.15, -0.1) is 0 Å². The van der Waals surface area contributed by atoms with E-state index in [4.69, 9.17) is 16.9 Å². The van der Waals surface area contributed by atoms with Gasteiger partial charge in [-0.05, 0) is 31.4 Å². The first-order valence-corrected chi connectivity index (χ1v) is 5.93. The highest BCUT2D eigenvalue weighted by atomic mass is 35.5. The predicted octanol–water partition coefficient (Wildman–Crippen LogP) is 2.25. The number of likely N-dealkylation sites (tertiary alicyclic amines) is 1. The first kappa shape index (κ1) is 11.9. The molecule has 17 heavy (non-hydrogen) atoms. The van der Waals surface area contributed by atoms with E-state index in [-0.39, 0.29) is 11.9 Å². The molecule has 1 amide bonds. The second kappa shape index (κ2) is 5.15. The molecule has 1 aliphatic rings. The lowest BCUT2D eigenvalue weighted by atomic mass is 10.0. The van der Waals surface area contributed by atoms with Crippen molar-refractivity contribution >= 4 is 17.5 Å². The van der Waals surface area contributed by atoms with Gasteiger partial charge >= 0.3 is 0 Å². The smallest absolute Gasteiger partial charge is 0.273 e. The molecule has 0 bridgehead atoms. The van der Waals surface area contributed by atoms with Crippen LogP contribution in [0.3, 0.4) is 0 Å². The number of nitrogens with zero attached hydrogens (tertiary/aromatic N) is 3. The second-order valence-corrected chi connectivity index (χ2v) is 4.37. The van der Waals surface area contributed by atoms with Crippen LogP contribution < -0.4 is 0 Å². The molecule has 1 atom stereocenters. The Morgan fingerprint density at radius 3 is 3.06 bits per heavy atom. The van der Waals surface area contributed by atoms with Crippen LogP contribution in [-0.2, 0) is 0 Å². The SMILES string of the molecule is N#CC1CCCCN1C(=O)c1cccc(Cl)n1. The number of pyridine rings is 1. The Labute approximate surface area is 105 Å². The summed E-state index contributed by atoms with van der Waals surface area (Å²) in [5, 5.41) is 9.31. The minimum absolute atomic E-state index is 0.209. The van der Waals surface area contributed by atoms with Crippen molar-refractivity contribution in [3.05, 3.63) is 29.0 Å². The third-order valence-electron chi connectivity index (χ3n) is 2.85. The summed E-state index contributed by atoms with van der Waals surface area (Å²) >= 11 is 5.75. The van der Waals surface area contributed by atoms with Gasteiger partial charge in [0.25, 0.3) is 5.91 Å². The lowest BCUT2D eigenvalue weighted by Gasteiger charge is -2.31. The van der Waals surface area contributed by atoms with Crippen molar-refractivity contribution in [3.8, 4) is 6.07 Å². The van der Waals surface area contributed by atoms with E-state index in [0.717, 1.165) is 19.3 Å². The summed E-state index contributed by atoms with van der Waals surface area (Å²) in [5.74, 6) is -0.209. The normalized spacial score (nSPS) is 19.8. The summed E-state index contributed by atoms with van der Waals surface area (Å²) in [6, 6.07) is 6.76. The highest BCUT2D eigenvalue weighted by molar-refractivity contribution is 6.29. The van der Waals surface area contributed by atoms with E-state index in [0.29, 0.717) is 17.4 Å². The number of hydrogen-bond acceptors (Lipinski definition) is 3. The van der Waals surface area contributed by atoms with Gasteiger partial charge in [0.15, 0.2) is 0 Å². The van der Waals surface area contributed by atoms with Gasteiger partial charge in [0.2, 0.25) is 0 Å². The largest absolute Gasteiger partial charge is 0.321 e. The lowest BCUT2D eigenvalue weighted by molar-refractivity contribution is 0.0664. The molecule has 0 spiro atoms. The van der Waals surface area contributed by atoms with E-state index in [1.807, 2.05) is 0 Å². The average molecular weight is 250 g/mol. The van der Waals surface area contributed by atoms with Crippen LogP contribution in [0.4, 0.5) is 0 Å². The molecule has 1 aromatic heterocycles. The molecule has 2 rings (SSSR count). The van der Waals surface area contributed by atoms with Crippen molar-refractivity contribution in [3.63, 3.8) is 0 Å². The molecule has 1 saturated heterocycles. The zero-order chi connectivity index (χ0) is 12.3. The first-order valence-electron chi connectivity index (χ1n) is 5.55. The van der Waals surface area contributed by atoms with E-state index in [2.05, 4.69) is 11.1 Å². The minimum Gasteiger partial charge on any atom is -0.321 e. The van der Waals surface area contributed by atoms with Crippen LogP contribution in [0.5, 0.6) is 0 Å². The quantitative estimate of drug-likeness (QED) is 0.718. The van der Waals surface area contributed by atoms with E-state index in [1.165, 1.54) is 0 Å². The molecule has 2 heterocycles. The van der Waals surface area contributed by atoms with Crippen LogP contribution in [0, 0.1) is 11.3 Å². The van der Waals surface area contributed by atoms with Crippen LogP contribution >= 0.6 is 11.6 Å². The van der Waals surface area contributed by atoms with Crippen LogP contribution in [0.1, 0.15) is 29.8 Å². The first-order chi connectivity index (χ1) is 8.22. The molecule has 5 heteroatoms. The third kappa shape index (κ3) is 2.56. The van der Waals surface area contributed by atoms with Crippen LogP contribution in [0.2, 0.25) is 5.15 Å². The predicted molar refractivity (Wildman–Crippen MR) is 63.5 cm³/mol. The maximum absolute atomic E-state index is 12.2. The van der Waals surface area contributed by atoms with Gasteiger partial charge in [0.05, 0.1) is 6.07 Å². The summed E-state index contributed by atoms with van der Waals surface area (Å²) in [6.45, 7) is 0.616. The maximum Gasteiger partial charge on any atom is 0.273 e. The minimum atomic E-state index is -0.336. The number of halogens is 1. The van der Waals surface area contributed by atoms with Crippen molar-refractivity contribution in [1.82, 2.24) is 9.88 Å². The zero-order valence-corrected chi connectivity index (χ0v) is 10.0. The van der Waals surface area contributed by atoms with Gasteiger partial charge in [-0.3, -0.25) is 4.79 Å². The van der Waals surface area contributed by atoms with E-state index in [1.54, 1.807) is 23.1 Å². The topological polar surface area (TPSA) is 57.0 Å². The van der Waals surface area contributed by atoms with Crippen LogP contribution in [-0.4, -0.2) is 28.4 Å². The van der Waals surface area contributed by atoms with Gasteiger partial charge in [0.1, 0.15) is 16.9 Å². The lowest BCUT2D eigenvalue weighted by Crippen LogP contribution is -2.43. The summed E-state index contributed by atoms with van der Waals surface area (Å²) in [5.41, 5.74) is 0.305. The molecule has 0 radical (unpaired) electrons. The van der Waals surface area contributed by atoms with Crippen LogP contribution in [0.15, 0.2) is 18.2 Å². The monoisotopic (exact) mass is 249 g/mol. The van der Waals surface area contributed by atoms with Gasteiger partial charge in [-0.2, -0.15) is 5.26 Å². The van der Waals surface area contributed by atoms with Crippen LogP contribution in [0.25, 0.3) is 0 Å². The van der Waals surface area contributed by atoms with E-state index in [9.17, 15) is 4.79 Å². The Morgan fingerprint density at radius 2 is 2.35 bits per heavy atom. The Hall–Kier alpha value is -1.60. The molecule has 0 aliphatic carbocycles. The van der Waals surface area contributed by atoms with E-state index < -0.39 is 0 Å². The molecule has 1 unspecified atom stereocenters. The number of rotatable bonds is 1. The summed E-state index contributed by atoms with van der Waals surface area (Å²) in [6.07, 6.45) is 2.66. The summed E-state index contributed by atoms with van der Waals surface area (Å²) in [4.78, 5) is 17.7. The number of carbonyl (C=O) groups excluding carboxylic acids is 1. The standard InChI is InChI=1S/C12H12ClN3O/c13-11-6-3-5-10(15-11)12(17)16-7-2-1-4-9(16)8-14/h3,5-6,9H,1-2,4,7H2. The third-order valence-corrected chi connectivity index (χ3v) is 3.06. The van der Waals surface area contributed by atoms with Crippen molar-refractivity contribution in [2.24, 2.45) is 0 Å². The fraction of sp³-hybridized carbons (Fsp3) is 0.417.